The van der Waals surface area contributed by atoms with Crippen molar-refractivity contribution in [2.24, 2.45) is 5.73 Å². The lowest BCUT2D eigenvalue weighted by Gasteiger charge is -2.41. The standard InChI is InChI=1S/C19H27N3O3/c1-25-16-7-5-15(6-8-16)17(23)21-11-13-22(14-12-21)18(24)19(20)9-3-2-4-10-19/h5-8H,2-4,9-14,20H2,1H3. The predicted octanol–water partition coefficient (Wildman–Crippen LogP) is 1.64. The van der Waals surface area contributed by atoms with Crippen molar-refractivity contribution >= 4 is 11.8 Å². The second kappa shape index (κ2) is 7.44. The second-order valence-corrected chi connectivity index (χ2v) is 7.03. The van der Waals surface area contributed by atoms with E-state index in [2.05, 4.69) is 0 Å². The molecule has 0 radical (unpaired) electrons. The lowest BCUT2D eigenvalue weighted by molar-refractivity contribution is -0.139. The maximum Gasteiger partial charge on any atom is 0.253 e. The summed E-state index contributed by atoms with van der Waals surface area (Å²) < 4.78 is 5.12. The van der Waals surface area contributed by atoms with Crippen LogP contribution in [-0.2, 0) is 4.79 Å². The van der Waals surface area contributed by atoms with Gasteiger partial charge in [-0.15, -0.1) is 0 Å². The lowest BCUT2D eigenvalue weighted by Crippen LogP contribution is -2.60. The van der Waals surface area contributed by atoms with E-state index in [4.69, 9.17) is 10.5 Å². The van der Waals surface area contributed by atoms with Crippen LogP contribution in [0.5, 0.6) is 5.75 Å². The van der Waals surface area contributed by atoms with E-state index in [0.29, 0.717) is 31.7 Å². The van der Waals surface area contributed by atoms with Crippen LogP contribution in [0.2, 0.25) is 0 Å². The number of hydrogen-bond acceptors (Lipinski definition) is 4. The highest BCUT2D eigenvalue weighted by molar-refractivity contribution is 5.94. The third-order valence-electron chi connectivity index (χ3n) is 5.36. The maximum absolute atomic E-state index is 12.8. The molecule has 6 heteroatoms. The molecule has 3 rings (SSSR count). The molecule has 0 atom stereocenters. The molecule has 1 aromatic rings. The number of piperazine rings is 1. The molecular weight excluding hydrogens is 318 g/mol. The van der Waals surface area contributed by atoms with Crippen molar-refractivity contribution in [3.05, 3.63) is 29.8 Å². The molecule has 0 unspecified atom stereocenters. The van der Waals surface area contributed by atoms with Gasteiger partial charge in [0.2, 0.25) is 5.91 Å². The van der Waals surface area contributed by atoms with E-state index in [1.54, 1.807) is 36.3 Å². The molecule has 136 valence electrons. The van der Waals surface area contributed by atoms with Crippen molar-refractivity contribution in [2.75, 3.05) is 33.3 Å². The zero-order valence-corrected chi connectivity index (χ0v) is 14.9. The Morgan fingerprint density at radius 2 is 1.52 bits per heavy atom. The van der Waals surface area contributed by atoms with Gasteiger partial charge in [-0.1, -0.05) is 19.3 Å². The highest BCUT2D eigenvalue weighted by atomic mass is 16.5. The number of carbonyl (C=O) groups is 2. The Kier molecular flexibility index (Phi) is 5.27. The quantitative estimate of drug-likeness (QED) is 0.904. The third-order valence-corrected chi connectivity index (χ3v) is 5.36. The fourth-order valence-electron chi connectivity index (χ4n) is 3.74. The van der Waals surface area contributed by atoms with Gasteiger partial charge in [0.1, 0.15) is 5.75 Å². The first kappa shape index (κ1) is 17.7. The average Bonchev–Trinajstić information content (AvgIpc) is 2.67. The number of nitrogens with two attached hydrogens (primary N) is 1. The third kappa shape index (κ3) is 3.79. The molecule has 2 amide bonds. The summed E-state index contributed by atoms with van der Waals surface area (Å²) in [5.74, 6) is 0.784. The van der Waals surface area contributed by atoms with E-state index in [9.17, 15) is 9.59 Å². The molecule has 1 aliphatic heterocycles. The molecule has 0 bridgehead atoms. The van der Waals surface area contributed by atoms with Crippen LogP contribution in [0.15, 0.2) is 24.3 Å². The first-order chi connectivity index (χ1) is 12.0. The van der Waals surface area contributed by atoms with Gasteiger partial charge in [0.25, 0.3) is 5.91 Å². The molecule has 2 N–H and O–H groups in total. The minimum absolute atomic E-state index is 0.00474. The van der Waals surface area contributed by atoms with Crippen molar-refractivity contribution in [3.63, 3.8) is 0 Å². The molecule has 0 spiro atoms. The van der Waals surface area contributed by atoms with Crippen LogP contribution in [0.1, 0.15) is 42.5 Å². The van der Waals surface area contributed by atoms with Crippen LogP contribution in [0.3, 0.4) is 0 Å². The topological polar surface area (TPSA) is 75.9 Å². The Morgan fingerprint density at radius 3 is 2.08 bits per heavy atom. The summed E-state index contributed by atoms with van der Waals surface area (Å²) >= 11 is 0. The van der Waals surface area contributed by atoms with Crippen molar-refractivity contribution in [3.8, 4) is 5.75 Å². The molecule has 1 aliphatic carbocycles. The van der Waals surface area contributed by atoms with Gasteiger partial charge in [0, 0.05) is 31.7 Å². The van der Waals surface area contributed by atoms with Gasteiger partial charge < -0.3 is 20.3 Å². The molecule has 1 aromatic carbocycles. The first-order valence-corrected chi connectivity index (χ1v) is 9.05. The summed E-state index contributed by atoms with van der Waals surface area (Å²) in [5.41, 5.74) is 6.31. The van der Waals surface area contributed by atoms with Gasteiger partial charge in [-0.05, 0) is 37.1 Å². The molecule has 1 saturated heterocycles. The Morgan fingerprint density at radius 1 is 0.960 bits per heavy atom. The van der Waals surface area contributed by atoms with E-state index in [1.165, 1.54) is 0 Å². The van der Waals surface area contributed by atoms with E-state index in [-0.39, 0.29) is 11.8 Å². The highest BCUT2D eigenvalue weighted by Gasteiger charge is 2.39. The van der Waals surface area contributed by atoms with Crippen LogP contribution in [0.25, 0.3) is 0 Å². The van der Waals surface area contributed by atoms with Crippen LogP contribution in [0, 0.1) is 0 Å². The van der Waals surface area contributed by atoms with E-state index in [1.807, 2.05) is 4.90 Å². The minimum Gasteiger partial charge on any atom is -0.497 e. The summed E-state index contributed by atoms with van der Waals surface area (Å²) in [6.07, 6.45) is 4.76. The number of hydrogen-bond donors (Lipinski definition) is 1. The molecule has 1 saturated carbocycles. The smallest absolute Gasteiger partial charge is 0.253 e. The monoisotopic (exact) mass is 345 g/mol. The van der Waals surface area contributed by atoms with Gasteiger partial charge in [-0.25, -0.2) is 0 Å². The maximum atomic E-state index is 12.8. The van der Waals surface area contributed by atoms with Crippen molar-refractivity contribution in [1.29, 1.82) is 0 Å². The molecule has 1 heterocycles. The normalized spacial score (nSPS) is 20.2. The number of methoxy groups -OCH3 is 1. The summed E-state index contributed by atoms with van der Waals surface area (Å²) in [7, 11) is 1.60. The molecule has 2 fully saturated rings. The van der Waals surface area contributed by atoms with Crippen LogP contribution in [0.4, 0.5) is 0 Å². The number of amides is 2. The van der Waals surface area contributed by atoms with Crippen molar-refractivity contribution in [1.82, 2.24) is 9.80 Å². The van der Waals surface area contributed by atoms with Gasteiger partial charge >= 0.3 is 0 Å². The molecule has 0 aromatic heterocycles. The van der Waals surface area contributed by atoms with Crippen LogP contribution in [-0.4, -0.2) is 60.4 Å². The van der Waals surface area contributed by atoms with E-state index < -0.39 is 5.54 Å². The largest absolute Gasteiger partial charge is 0.497 e. The number of nitrogens with zero attached hydrogens (tertiary/aromatic N) is 2. The Bertz CT molecular complexity index is 615. The summed E-state index contributed by atoms with van der Waals surface area (Å²) in [4.78, 5) is 29.0. The summed E-state index contributed by atoms with van der Waals surface area (Å²) in [6.45, 7) is 2.21. The van der Waals surface area contributed by atoms with E-state index >= 15 is 0 Å². The average molecular weight is 345 g/mol. The lowest BCUT2D eigenvalue weighted by atomic mass is 9.81. The minimum atomic E-state index is -0.694. The summed E-state index contributed by atoms with van der Waals surface area (Å²) in [6, 6.07) is 7.12. The fraction of sp³-hybridized carbons (Fsp3) is 0.579. The Labute approximate surface area is 148 Å². The summed E-state index contributed by atoms with van der Waals surface area (Å²) in [5, 5.41) is 0. The van der Waals surface area contributed by atoms with Gasteiger partial charge in [0.05, 0.1) is 12.6 Å². The molecular formula is C19H27N3O3. The number of carbonyl (C=O) groups excluding carboxylic acids is 2. The Hall–Kier alpha value is -2.08. The van der Waals surface area contributed by atoms with Gasteiger partial charge in [-0.3, -0.25) is 9.59 Å². The fourth-order valence-corrected chi connectivity index (χ4v) is 3.74. The zero-order valence-electron chi connectivity index (χ0n) is 14.9. The molecule has 6 nitrogen and oxygen atoms in total. The highest BCUT2D eigenvalue weighted by Crippen LogP contribution is 2.28. The molecule has 2 aliphatic rings. The van der Waals surface area contributed by atoms with Crippen LogP contribution >= 0.6 is 0 Å². The second-order valence-electron chi connectivity index (χ2n) is 7.03. The number of benzene rings is 1. The number of ether oxygens (including phenoxy) is 1. The van der Waals surface area contributed by atoms with Crippen LogP contribution < -0.4 is 10.5 Å². The van der Waals surface area contributed by atoms with Crippen molar-refractivity contribution < 1.29 is 14.3 Å². The zero-order chi connectivity index (χ0) is 17.9. The first-order valence-electron chi connectivity index (χ1n) is 9.05. The van der Waals surface area contributed by atoms with Crippen molar-refractivity contribution in [2.45, 2.75) is 37.6 Å². The SMILES string of the molecule is COc1ccc(C(=O)N2CCN(C(=O)C3(N)CCCCC3)CC2)cc1. The number of rotatable bonds is 3. The van der Waals surface area contributed by atoms with Gasteiger partial charge in [0.15, 0.2) is 0 Å². The predicted molar refractivity (Wildman–Crippen MR) is 95.5 cm³/mol. The molecule has 25 heavy (non-hydrogen) atoms. The Balaban J connectivity index is 1.57. The van der Waals surface area contributed by atoms with Gasteiger partial charge in [-0.2, -0.15) is 0 Å². The van der Waals surface area contributed by atoms with E-state index in [0.717, 1.165) is 37.9 Å².